The highest BCUT2D eigenvalue weighted by molar-refractivity contribution is 5.90. The maximum Gasteiger partial charge on any atom is 0.335 e. The number of anilines is 2. The molecule has 19 heavy (non-hydrogen) atoms. The van der Waals surface area contributed by atoms with Crippen LogP contribution in [-0.4, -0.2) is 32.6 Å². The summed E-state index contributed by atoms with van der Waals surface area (Å²) in [4.78, 5) is 10.8. The molecule has 4 N–H and O–H groups in total. The van der Waals surface area contributed by atoms with Gasteiger partial charge >= 0.3 is 5.97 Å². The van der Waals surface area contributed by atoms with E-state index in [9.17, 15) is 4.79 Å². The lowest BCUT2D eigenvalue weighted by molar-refractivity contribution is 0.0697. The molecule has 0 radical (unpaired) electrons. The van der Waals surface area contributed by atoms with Crippen molar-refractivity contribution in [3.05, 3.63) is 36.2 Å². The van der Waals surface area contributed by atoms with Crippen LogP contribution in [-0.2, 0) is 6.54 Å². The molecule has 0 aliphatic carbocycles. The van der Waals surface area contributed by atoms with E-state index in [1.807, 2.05) is 0 Å². The first-order chi connectivity index (χ1) is 9.16. The van der Waals surface area contributed by atoms with Gasteiger partial charge < -0.3 is 16.2 Å². The summed E-state index contributed by atoms with van der Waals surface area (Å²) in [5.74, 6) is -0.982. The number of carboxylic acid groups (broad SMARTS) is 1. The molecular formula is C12H15N5O2. The number of nitrogens with zero attached hydrogens (tertiary/aromatic N) is 3. The minimum atomic E-state index is -0.982. The molecule has 1 aromatic heterocycles. The van der Waals surface area contributed by atoms with Crippen molar-refractivity contribution in [2.45, 2.75) is 13.0 Å². The number of hydrogen-bond acceptors (Lipinski definition) is 5. The SMILES string of the molecule is Nc1cc(C(=O)O)ccc1NCCCn1ccnn1. The van der Waals surface area contributed by atoms with Crippen LogP contribution in [0.15, 0.2) is 30.6 Å². The molecule has 0 bridgehead atoms. The van der Waals surface area contributed by atoms with Gasteiger partial charge in [0.15, 0.2) is 0 Å². The number of carbonyl (C=O) groups is 1. The first kappa shape index (κ1) is 12.9. The molecule has 0 saturated heterocycles. The average Bonchev–Trinajstić information content (AvgIpc) is 2.89. The van der Waals surface area contributed by atoms with Gasteiger partial charge in [-0.3, -0.25) is 4.68 Å². The van der Waals surface area contributed by atoms with E-state index in [-0.39, 0.29) is 5.56 Å². The van der Waals surface area contributed by atoms with Gasteiger partial charge in [0.05, 0.1) is 23.1 Å². The molecule has 1 aromatic carbocycles. The molecule has 7 heteroatoms. The molecule has 1 heterocycles. The van der Waals surface area contributed by atoms with Crippen molar-refractivity contribution in [1.82, 2.24) is 15.0 Å². The standard InChI is InChI=1S/C12H15N5O2/c13-10-8-9(12(18)19)2-3-11(10)14-4-1-6-17-7-5-15-16-17/h2-3,5,7-8,14H,1,4,6,13H2,(H,18,19). The fourth-order valence-corrected chi connectivity index (χ4v) is 1.67. The zero-order valence-electron chi connectivity index (χ0n) is 10.3. The van der Waals surface area contributed by atoms with Gasteiger partial charge in [0.2, 0.25) is 0 Å². The van der Waals surface area contributed by atoms with E-state index < -0.39 is 5.97 Å². The molecular weight excluding hydrogens is 246 g/mol. The number of rotatable bonds is 6. The summed E-state index contributed by atoms with van der Waals surface area (Å²) in [5.41, 5.74) is 7.14. The molecule has 0 atom stereocenters. The van der Waals surface area contributed by atoms with Gasteiger partial charge in [0.1, 0.15) is 0 Å². The molecule has 0 saturated carbocycles. The van der Waals surface area contributed by atoms with Crippen molar-refractivity contribution < 1.29 is 9.90 Å². The van der Waals surface area contributed by atoms with Crippen LogP contribution in [0.4, 0.5) is 11.4 Å². The summed E-state index contributed by atoms with van der Waals surface area (Å²) < 4.78 is 1.75. The Morgan fingerprint density at radius 2 is 2.32 bits per heavy atom. The van der Waals surface area contributed by atoms with Gasteiger partial charge in [-0.2, -0.15) is 0 Å². The monoisotopic (exact) mass is 261 g/mol. The number of aromatic carboxylic acids is 1. The van der Waals surface area contributed by atoms with Crippen molar-refractivity contribution in [1.29, 1.82) is 0 Å². The molecule has 0 spiro atoms. The van der Waals surface area contributed by atoms with Crippen LogP contribution in [0.1, 0.15) is 16.8 Å². The third-order valence-corrected chi connectivity index (χ3v) is 2.65. The number of aryl methyl sites for hydroxylation is 1. The minimum Gasteiger partial charge on any atom is -0.478 e. The van der Waals surface area contributed by atoms with Crippen molar-refractivity contribution >= 4 is 17.3 Å². The Bertz CT molecular complexity index is 553. The zero-order chi connectivity index (χ0) is 13.7. The van der Waals surface area contributed by atoms with Crippen molar-refractivity contribution in [3.8, 4) is 0 Å². The molecule has 0 unspecified atom stereocenters. The highest BCUT2D eigenvalue weighted by Gasteiger charge is 2.05. The predicted octanol–water partition coefficient (Wildman–Crippen LogP) is 1.06. The maximum atomic E-state index is 10.8. The van der Waals surface area contributed by atoms with E-state index in [0.29, 0.717) is 5.69 Å². The van der Waals surface area contributed by atoms with E-state index in [2.05, 4.69) is 15.6 Å². The fraction of sp³-hybridized carbons (Fsp3) is 0.250. The summed E-state index contributed by atoms with van der Waals surface area (Å²) in [6.45, 7) is 1.48. The van der Waals surface area contributed by atoms with Gasteiger partial charge in [-0.05, 0) is 24.6 Å². The highest BCUT2D eigenvalue weighted by Crippen LogP contribution is 2.19. The molecule has 0 aliphatic heterocycles. The van der Waals surface area contributed by atoms with Crippen molar-refractivity contribution in [2.24, 2.45) is 0 Å². The number of nitrogens with two attached hydrogens (primary N) is 1. The average molecular weight is 261 g/mol. The van der Waals surface area contributed by atoms with Crippen molar-refractivity contribution in [2.75, 3.05) is 17.6 Å². The number of nitrogen functional groups attached to an aromatic ring is 1. The lowest BCUT2D eigenvalue weighted by Crippen LogP contribution is -2.09. The fourth-order valence-electron chi connectivity index (χ4n) is 1.67. The summed E-state index contributed by atoms with van der Waals surface area (Å²) >= 11 is 0. The quantitative estimate of drug-likeness (QED) is 0.530. The van der Waals surface area contributed by atoms with E-state index >= 15 is 0 Å². The van der Waals surface area contributed by atoms with E-state index in [0.717, 1.165) is 25.2 Å². The van der Waals surface area contributed by atoms with Crippen molar-refractivity contribution in [3.63, 3.8) is 0 Å². The van der Waals surface area contributed by atoms with E-state index in [4.69, 9.17) is 10.8 Å². The Hall–Kier alpha value is -2.57. The lowest BCUT2D eigenvalue weighted by atomic mass is 10.1. The van der Waals surface area contributed by atoms with Crippen LogP contribution in [0.25, 0.3) is 0 Å². The maximum absolute atomic E-state index is 10.8. The second-order valence-electron chi connectivity index (χ2n) is 4.05. The third kappa shape index (κ3) is 3.44. The summed E-state index contributed by atoms with van der Waals surface area (Å²) in [6.07, 6.45) is 4.30. The van der Waals surface area contributed by atoms with E-state index in [1.54, 1.807) is 23.1 Å². The second-order valence-corrected chi connectivity index (χ2v) is 4.05. The highest BCUT2D eigenvalue weighted by atomic mass is 16.4. The number of aromatic nitrogens is 3. The molecule has 100 valence electrons. The number of benzene rings is 1. The number of nitrogens with one attached hydrogen (secondary N) is 1. The van der Waals surface area contributed by atoms with E-state index in [1.165, 1.54) is 12.1 Å². The third-order valence-electron chi connectivity index (χ3n) is 2.65. The van der Waals surface area contributed by atoms with Gasteiger partial charge in [-0.1, -0.05) is 5.21 Å². The van der Waals surface area contributed by atoms with Crippen LogP contribution in [0, 0.1) is 0 Å². The minimum absolute atomic E-state index is 0.186. The molecule has 2 aromatic rings. The first-order valence-corrected chi connectivity index (χ1v) is 5.87. The second kappa shape index (κ2) is 5.85. The number of hydrogen-bond donors (Lipinski definition) is 3. The molecule has 0 amide bonds. The molecule has 0 fully saturated rings. The van der Waals surface area contributed by atoms with Crippen LogP contribution in [0.2, 0.25) is 0 Å². The molecule has 0 aliphatic rings. The van der Waals surface area contributed by atoms with Crippen LogP contribution in [0.3, 0.4) is 0 Å². The summed E-state index contributed by atoms with van der Waals surface area (Å²) in [6, 6.07) is 4.65. The summed E-state index contributed by atoms with van der Waals surface area (Å²) in [7, 11) is 0. The largest absolute Gasteiger partial charge is 0.478 e. The Morgan fingerprint density at radius 1 is 1.47 bits per heavy atom. The lowest BCUT2D eigenvalue weighted by Gasteiger charge is -2.09. The number of carboxylic acids is 1. The molecule has 2 rings (SSSR count). The zero-order valence-corrected chi connectivity index (χ0v) is 10.3. The van der Waals surface area contributed by atoms with Gasteiger partial charge in [0, 0.05) is 19.3 Å². The normalized spacial score (nSPS) is 10.3. The Kier molecular flexibility index (Phi) is 3.97. The first-order valence-electron chi connectivity index (χ1n) is 5.87. The van der Waals surface area contributed by atoms with Gasteiger partial charge in [-0.15, -0.1) is 5.10 Å². The van der Waals surface area contributed by atoms with Crippen LogP contribution >= 0.6 is 0 Å². The van der Waals surface area contributed by atoms with Gasteiger partial charge in [0.25, 0.3) is 0 Å². The Balaban J connectivity index is 1.84. The van der Waals surface area contributed by atoms with Crippen LogP contribution < -0.4 is 11.1 Å². The predicted molar refractivity (Wildman–Crippen MR) is 70.9 cm³/mol. The smallest absolute Gasteiger partial charge is 0.335 e. The topological polar surface area (TPSA) is 106 Å². The van der Waals surface area contributed by atoms with Gasteiger partial charge in [-0.25, -0.2) is 4.79 Å². The Labute approximate surface area is 110 Å². The molecule has 7 nitrogen and oxygen atoms in total. The summed E-state index contributed by atoms with van der Waals surface area (Å²) in [5, 5.41) is 19.6. The van der Waals surface area contributed by atoms with Crippen LogP contribution in [0.5, 0.6) is 0 Å². The Morgan fingerprint density at radius 3 is 2.95 bits per heavy atom.